The number of furan rings is 1. The van der Waals surface area contributed by atoms with Gasteiger partial charge in [0.25, 0.3) is 11.8 Å². The summed E-state index contributed by atoms with van der Waals surface area (Å²) >= 11 is 0. The van der Waals surface area contributed by atoms with Gasteiger partial charge in [0.15, 0.2) is 12.4 Å². The summed E-state index contributed by atoms with van der Waals surface area (Å²) in [5, 5.41) is 13.5. The number of benzene rings is 1. The van der Waals surface area contributed by atoms with E-state index in [1.807, 2.05) is 6.92 Å². The van der Waals surface area contributed by atoms with Crippen molar-refractivity contribution >= 4 is 17.7 Å². The number of ether oxygens (including phenoxy) is 1. The second-order valence-corrected chi connectivity index (χ2v) is 5.94. The zero-order valence-corrected chi connectivity index (χ0v) is 15.3. The van der Waals surface area contributed by atoms with Crippen LogP contribution in [0.1, 0.15) is 35.5 Å². The van der Waals surface area contributed by atoms with Crippen LogP contribution in [0.2, 0.25) is 0 Å². The van der Waals surface area contributed by atoms with Crippen molar-refractivity contribution < 1.29 is 23.7 Å². The minimum Gasteiger partial charge on any atom is -0.483 e. The Bertz CT molecular complexity index is 830. The normalized spacial score (nSPS) is 11.5. The highest BCUT2D eigenvalue weighted by Gasteiger charge is 2.22. The first-order valence-corrected chi connectivity index (χ1v) is 8.30. The van der Waals surface area contributed by atoms with Crippen LogP contribution in [-0.2, 0) is 4.79 Å². The van der Waals surface area contributed by atoms with E-state index < -0.39 is 22.8 Å². The Labute approximate surface area is 156 Å². The van der Waals surface area contributed by atoms with Gasteiger partial charge in [0.1, 0.15) is 10.7 Å². The predicted molar refractivity (Wildman–Crippen MR) is 96.5 cm³/mol. The number of hydrogen-bond donors (Lipinski definition) is 1. The molecule has 0 aliphatic heterocycles. The first-order valence-electron chi connectivity index (χ1n) is 8.30. The lowest BCUT2D eigenvalue weighted by atomic mass is 10.0. The Morgan fingerprint density at radius 2 is 1.96 bits per heavy atom. The average Bonchev–Trinajstić information content (AvgIpc) is 3.15. The number of nitro groups is 1. The molecule has 0 saturated heterocycles. The lowest BCUT2D eigenvalue weighted by Crippen LogP contribution is -2.30. The summed E-state index contributed by atoms with van der Waals surface area (Å²) in [7, 11) is 3.27. The molecular weight excluding hydrogens is 354 g/mol. The number of nitrogens with zero attached hydrogens (tertiary/aromatic N) is 2. The van der Waals surface area contributed by atoms with E-state index in [-0.39, 0.29) is 18.3 Å². The molecule has 1 unspecified atom stereocenters. The summed E-state index contributed by atoms with van der Waals surface area (Å²) in [5.74, 6) is -0.940. The summed E-state index contributed by atoms with van der Waals surface area (Å²) in [6.07, 6.45) is 0.538. The summed E-state index contributed by atoms with van der Waals surface area (Å²) in [6.45, 7) is 1.75. The van der Waals surface area contributed by atoms with Crippen LogP contribution in [0.5, 0.6) is 5.75 Å². The van der Waals surface area contributed by atoms with Gasteiger partial charge in [-0.3, -0.25) is 19.7 Å². The SMILES string of the molecule is CCC(NC(=O)c1ccc([N+](=O)[O-])o1)c1ccccc1OCC(=O)N(C)C. The maximum Gasteiger partial charge on any atom is 0.433 e. The minimum absolute atomic E-state index is 0.126. The molecule has 1 N–H and O–H groups in total. The highest BCUT2D eigenvalue weighted by molar-refractivity contribution is 5.92. The monoisotopic (exact) mass is 375 g/mol. The van der Waals surface area contributed by atoms with E-state index in [1.54, 1.807) is 38.4 Å². The van der Waals surface area contributed by atoms with E-state index in [2.05, 4.69) is 5.32 Å². The Kier molecular flexibility index (Phi) is 6.53. The summed E-state index contributed by atoms with van der Waals surface area (Å²) in [4.78, 5) is 35.5. The van der Waals surface area contributed by atoms with Gasteiger partial charge >= 0.3 is 5.88 Å². The molecule has 2 rings (SSSR count). The lowest BCUT2D eigenvalue weighted by Gasteiger charge is -2.20. The number of likely N-dealkylation sites (N-methyl/N-ethyl adjacent to an activating group) is 1. The molecule has 0 spiro atoms. The van der Waals surface area contributed by atoms with Gasteiger partial charge in [0.05, 0.1) is 12.1 Å². The van der Waals surface area contributed by atoms with Crippen LogP contribution in [0.3, 0.4) is 0 Å². The molecule has 9 nitrogen and oxygen atoms in total. The molecule has 0 aliphatic carbocycles. The fraction of sp³-hybridized carbons (Fsp3) is 0.333. The van der Waals surface area contributed by atoms with Gasteiger partial charge in [-0.2, -0.15) is 0 Å². The third-order valence-electron chi connectivity index (χ3n) is 3.85. The van der Waals surface area contributed by atoms with Crippen molar-refractivity contribution in [3.8, 4) is 5.75 Å². The summed E-state index contributed by atoms with van der Waals surface area (Å²) in [5.41, 5.74) is 0.695. The Morgan fingerprint density at radius 1 is 1.26 bits per heavy atom. The van der Waals surface area contributed by atoms with Crippen LogP contribution in [0, 0.1) is 10.1 Å². The van der Waals surface area contributed by atoms with E-state index in [0.29, 0.717) is 17.7 Å². The largest absolute Gasteiger partial charge is 0.483 e. The molecule has 0 saturated carbocycles. The molecule has 0 fully saturated rings. The van der Waals surface area contributed by atoms with Gasteiger partial charge in [-0.05, 0) is 18.6 Å². The molecule has 27 heavy (non-hydrogen) atoms. The second-order valence-electron chi connectivity index (χ2n) is 5.94. The number of carbonyl (C=O) groups excluding carboxylic acids is 2. The zero-order valence-electron chi connectivity index (χ0n) is 15.3. The first-order chi connectivity index (χ1) is 12.8. The fourth-order valence-corrected chi connectivity index (χ4v) is 2.35. The highest BCUT2D eigenvalue weighted by atomic mass is 16.6. The highest BCUT2D eigenvalue weighted by Crippen LogP contribution is 2.28. The molecule has 1 aromatic carbocycles. The zero-order chi connectivity index (χ0) is 20.0. The van der Waals surface area contributed by atoms with Crippen molar-refractivity contribution in [2.75, 3.05) is 20.7 Å². The van der Waals surface area contributed by atoms with Gasteiger partial charge in [-0.25, -0.2) is 0 Å². The maximum atomic E-state index is 12.4. The fourth-order valence-electron chi connectivity index (χ4n) is 2.35. The standard InChI is InChI=1S/C18H21N3O6/c1-4-13(19-18(23)15-9-10-17(27-15)21(24)25)12-7-5-6-8-14(12)26-11-16(22)20(2)3/h5-10,13H,4,11H2,1-3H3,(H,19,23). The van der Waals surface area contributed by atoms with Crippen molar-refractivity contribution in [3.63, 3.8) is 0 Å². The van der Waals surface area contributed by atoms with Gasteiger partial charge < -0.3 is 19.4 Å². The van der Waals surface area contributed by atoms with Crippen molar-refractivity contribution in [1.29, 1.82) is 0 Å². The van der Waals surface area contributed by atoms with Gasteiger partial charge in [-0.15, -0.1) is 0 Å². The molecule has 0 bridgehead atoms. The lowest BCUT2D eigenvalue weighted by molar-refractivity contribution is -0.402. The van der Waals surface area contributed by atoms with Crippen LogP contribution in [0.15, 0.2) is 40.8 Å². The third kappa shape index (κ3) is 5.06. The molecular formula is C18H21N3O6. The smallest absolute Gasteiger partial charge is 0.433 e. The molecule has 0 radical (unpaired) electrons. The van der Waals surface area contributed by atoms with Gasteiger partial charge in [-0.1, -0.05) is 25.1 Å². The number of rotatable bonds is 8. The molecule has 2 amide bonds. The Balaban J connectivity index is 2.15. The second kappa shape index (κ2) is 8.84. The molecule has 1 atom stereocenters. The van der Waals surface area contributed by atoms with E-state index in [4.69, 9.17) is 9.15 Å². The Hall–Kier alpha value is -3.36. The van der Waals surface area contributed by atoms with Crippen molar-refractivity contribution in [3.05, 3.63) is 57.8 Å². The molecule has 1 heterocycles. The van der Waals surface area contributed by atoms with E-state index in [0.717, 1.165) is 6.07 Å². The topological polar surface area (TPSA) is 115 Å². The number of para-hydroxylation sites is 1. The summed E-state index contributed by atoms with van der Waals surface area (Å²) in [6, 6.07) is 9.01. The van der Waals surface area contributed by atoms with Crippen LogP contribution < -0.4 is 10.1 Å². The average molecular weight is 375 g/mol. The van der Waals surface area contributed by atoms with E-state index >= 15 is 0 Å². The third-order valence-corrected chi connectivity index (χ3v) is 3.85. The molecule has 1 aromatic heterocycles. The molecule has 0 aliphatic rings. The minimum atomic E-state index is -0.709. The number of nitrogens with one attached hydrogen (secondary N) is 1. The number of amides is 2. The number of carbonyl (C=O) groups is 2. The molecule has 2 aromatic rings. The van der Waals surface area contributed by atoms with Gasteiger partial charge in [0.2, 0.25) is 0 Å². The van der Waals surface area contributed by atoms with Crippen LogP contribution in [0.25, 0.3) is 0 Å². The van der Waals surface area contributed by atoms with E-state index in [1.165, 1.54) is 11.0 Å². The number of hydrogen-bond acceptors (Lipinski definition) is 6. The van der Waals surface area contributed by atoms with Crippen LogP contribution in [0.4, 0.5) is 5.88 Å². The molecule has 144 valence electrons. The van der Waals surface area contributed by atoms with Gasteiger partial charge in [0, 0.05) is 19.7 Å². The van der Waals surface area contributed by atoms with Crippen molar-refractivity contribution in [1.82, 2.24) is 10.2 Å². The first kappa shape index (κ1) is 20.0. The Morgan fingerprint density at radius 3 is 2.56 bits per heavy atom. The van der Waals surface area contributed by atoms with Crippen LogP contribution >= 0.6 is 0 Å². The quantitative estimate of drug-likeness (QED) is 0.560. The summed E-state index contributed by atoms with van der Waals surface area (Å²) < 4.78 is 10.5. The predicted octanol–water partition coefficient (Wildman–Crippen LogP) is 2.54. The van der Waals surface area contributed by atoms with Crippen molar-refractivity contribution in [2.45, 2.75) is 19.4 Å². The van der Waals surface area contributed by atoms with Crippen LogP contribution in [-0.4, -0.2) is 42.3 Å². The maximum absolute atomic E-state index is 12.4. The van der Waals surface area contributed by atoms with E-state index in [9.17, 15) is 19.7 Å². The van der Waals surface area contributed by atoms with Crippen molar-refractivity contribution in [2.24, 2.45) is 0 Å². The molecule has 9 heteroatoms.